The summed E-state index contributed by atoms with van der Waals surface area (Å²) in [6, 6.07) is 17.1. The Bertz CT molecular complexity index is 712. The van der Waals surface area contributed by atoms with Gasteiger partial charge in [0.1, 0.15) is 6.04 Å². The van der Waals surface area contributed by atoms with Crippen molar-refractivity contribution in [1.29, 1.82) is 0 Å². The molecular weight excluding hydrogens is 288 g/mol. The van der Waals surface area contributed by atoms with E-state index in [0.717, 1.165) is 16.8 Å². The minimum Gasteiger partial charge on any atom is -0.350 e. The fourth-order valence-electron chi connectivity index (χ4n) is 2.98. The van der Waals surface area contributed by atoms with Gasteiger partial charge in [-0.15, -0.1) is 0 Å². The summed E-state index contributed by atoms with van der Waals surface area (Å²) in [5.41, 5.74) is 2.96. The van der Waals surface area contributed by atoms with Crippen molar-refractivity contribution >= 4 is 17.5 Å². The lowest BCUT2D eigenvalue weighted by Gasteiger charge is -2.24. The SMILES string of the molecule is CCC(=O)N1c2ccccc2C[C@@H]1C(=O)NCc1ccccc1. The third-order valence-electron chi connectivity index (χ3n) is 4.16. The molecule has 118 valence electrons. The number of carbonyl (C=O) groups excluding carboxylic acids is 2. The molecule has 23 heavy (non-hydrogen) atoms. The highest BCUT2D eigenvalue weighted by Gasteiger charge is 2.37. The zero-order valence-corrected chi connectivity index (χ0v) is 13.2. The van der Waals surface area contributed by atoms with E-state index in [9.17, 15) is 9.59 Å². The highest BCUT2D eigenvalue weighted by molar-refractivity contribution is 6.03. The molecule has 1 N–H and O–H groups in total. The molecule has 2 aromatic carbocycles. The Balaban J connectivity index is 1.76. The molecule has 0 aromatic heterocycles. The van der Waals surface area contributed by atoms with Crippen molar-refractivity contribution in [3.8, 4) is 0 Å². The molecular formula is C19H20N2O2. The molecule has 2 aromatic rings. The van der Waals surface area contributed by atoms with Gasteiger partial charge in [-0.2, -0.15) is 0 Å². The molecule has 0 spiro atoms. The summed E-state index contributed by atoms with van der Waals surface area (Å²) in [7, 11) is 0. The second-order valence-electron chi connectivity index (χ2n) is 5.67. The summed E-state index contributed by atoms with van der Waals surface area (Å²) >= 11 is 0. The summed E-state index contributed by atoms with van der Waals surface area (Å²) < 4.78 is 0. The Hall–Kier alpha value is -2.62. The first-order chi connectivity index (χ1) is 11.2. The number of fused-ring (bicyclic) bond motifs is 1. The molecule has 0 fully saturated rings. The number of nitrogens with one attached hydrogen (secondary N) is 1. The van der Waals surface area contributed by atoms with Crippen molar-refractivity contribution in [2.75, 3.05) is 4.90 Å². The van der Waals surface area contributed by atoms with Crippen molar-refractivity contribution in [2.24, 2.45) is 0 Å². The van der Waals surface area contributed by atoms with Gasteiger partial charge in [0.05, 0.1) is 0 Å². The first-order valence-corrected chi connectivity index (χ1v) is 7.92. The third-order valence-corrected chi connectivity index (χ3v) is 4.16. The second-order valence-corrected chi connectivity index (χ2v) is 5.67. The Labute approximate surface area is 136 Å². The van der Waals surface area contributed by atoms with E-state index in [0.29, 0.717) is 19.4 Å². The zero-order valence-electron chi connectivity index (χ0n) is 13.2. The van der Waals surface area contributed by atoms with Gasteiger partial charge in [0.2, 0.25) is 11.8 Å². The number of anilines is 1. The van der Waals surface area contributed by atoms with Gasteiger partial charge in [0.15, 0.2) is 0 Å². The van der Waals surface area contributed by atoms with Crippen LogP contribution in [-0.2, 0) is 22.6 Å². The van der Waals surface area contributed by atoms with Crippen molar-refractivity contribution in [3.63, 3.8) is 0 Å². The summed E-state index contributed by atoms with van der Waals surface area (Å²) in [5.74, 6) is -0.123. The molecule has 0 radical (unpaired) electrons. The second kappa shape index (κ2) is 6.65. The number of amides is 2. The molecule has 1 atom stereocenters. The summed E-state index contributed by atoms with van der Waals surface area (Å²) in [5, 5.41) is 2.95. The maximum atomic E-state index is 12.6. The van der Waals surface area contributed by atoms with Gasteiger partial charge >= 0.3 is 0 Å². The van der Waals surface area contributed by atoms with Crippen LogP contribution in [0.3, 0.4) is 0 Å². The molecule has 1 aliphatic heterocycles. The standard InChI is InChI=1S/C19H20N2O2/c1-2-18(22)21-16-11-7-6-10-15(16)12-17(21)19(23)20-13-14-8-4-3-5-9-14/h3-11,17H,2,12-13H2,1H3,(H,20,23)/t17-/m1/s1. The Morgan fingerprint density at radius 1 is 1.09 bits per heavy atom. The Kier molecular flexibility index (Phi) is 4.42. The molecule has 1 heterocycles. The lowest BCUT2D eigenvalue weighted by atomic mass is 10.1. The highest BCUT2D eigenvalue weighted by atomic mass is 16.2. The summed E-state index contributed by atoms with van der Waals surface area (Å²) in [6.45, 7) is 2.29. The van der Waals surface area contributed by atoms with Crippen molar-refractivity contribution in [2.45, 2.75) is 32.4 Å². The average molecular weight is 308 g/mol. The zero-order chi connectivity index (χ0) is 16.2. The van der Waals surface area contributed by atoms with Crippen LogP contribution in [0.1, 0.15) is 24.5 Å². The van der Waals surface area contributed by atoms with Gasteiger partial charge in [0.25, 0.3) is 0 Å². The van der Waals surface area contributed by atoms with Crippen LogP contribution in [0.5, 0.6) is 0 Å². The average Bonchev–Trinajstić information content (AvgIpc) is 2.99. The smallest absolute Gasteiger partial charge is 0.243 e. The van der Waals surface area contributed by atoms with E-state index in [1.807, 2.05) is 61.5 Å². The van der Waals surface area contributed by atoms with Crippen LogP contribution in [0.25, 0.3) is 0 Å². The Morgan fingerprint density at radius 2 is 1.78 bits per heavy atom. The maximum Gasteiger partial charge on any atom is 0.243 e. The minimum atomic E-state index is -0.455. The molecule has 4 heteroatoms. The first kappa shape index (κ1) is 15.3. The molecule has 2 amide bonds. The summed E-state index contributed by atoms with van der Waals surface area (Å²) in [4.78, 5) is 26.6. The number of hydrogen-bond acceptors (Lipinski definition) is 2. The van der Waals surface area contributed by atoms with Gasteiger partial charge in [-0.05, 0) is 17.2 Å². The molecule has 0 saturated heterocycles. The lowest BCUT2D eigenvalue weighted by Crippen LogP contribution is -2.47. The van der Waals surface area contributed by atoms with Crippen LogP contribution in [0.15, 0.2) is 54.6 Å². The minimum absolute atomic E-state index is 0.0187. The quantitative estimate of drug-likeness (QED) is 0.944. The number of carbonyl (C=O) groups is 2. The van der Waals surface area contributed by atoms with E-state index < -0.39 is 6.04 Å². The van der Waals surface area contributed by atoms with Gasteiger partial charge in [-0.25, -0.2) is 0 Å². The van der Waals surface area contributed by atoms with Crippen LogP contribution >= 0.6 is 0 Å². The molecule has 3 rings (SSSR count). The van der Waals surface area contributed by atoms with Crippen LogP contribution in [0.4, 0.5) is 5.69 Å². The van der Waals surface area contributed by atoms with E-state index in [-0.39, 0.29) is 11.8 Å². The normalized spacial score (nSPS) is 16.0. The van der Waals surface area contributed by atoms with Crippen LogP contribution in [-0.4, -0.2) is 17.9 Å². The van der Waals surface area contributed by atoms with E-state index in [1.165, 1.54) is 0 Å². The van der Waals surface area contributed by atoms with E-state index >= 15 is 0 Å². The van der Waals surface area contributed by atoms with Crippen LogP contribution in [0, 0.1) is 0 Å². The third kappa shape index (κ3) is 3.11. The van der Waals surface area contributed by atoms with Crippen LogP contribution in [0.2, 0.25) is 0 Å². The molecule has 0 saturated carbocycles. The topological polar surface area (TPSA) is 49.4 Å². The molecule has 0 aliphatic carbocycles. The van der Waals surface area contributed by atoms with Crippen molar-refractivity contribution in [1.82, 2.24) is 5.32 Å². The number of benzene rings is 2. The van der Waals surface area contributed by atoms with E-state index in [4.69, 9.17) is 0 Å². The van der Waals surface area contributed by atoms with E-state index in [1.54, 1.807) is 4.90 Å². The van der Waals surface area contributed by atoms with Crippen LogP contribution < -0.4 is 10.2 Å². The number of para-hydroxylation sites is 1. The Morgan fingerprint density at radius 3 is 2.52 bits per heavy atom. The predicted molar refractivity (Wildman–Crippen MR) is 90.0 cm³/mol. The number of nitrogens with zero attached hydrogens (tertiary/aromatic N) is 1. The number of rotatable bonds is 4. The van der Waals surface area contributed by atoms with Gasteiger partial charge in [-0.3, -0.25) is 14.5 Å². The van der Waals surface area contributed by atoms with E-state index in [2.05, 4.69) is 5.32 Å². The molecule has 4 nitrogen and oxygen atoms in total. The predicted octanol–water partition coefficient (Wildman–Crippen LogP) is 2.67. The van der Waals surface area contributed by atoms with Gasteiger partial charge in [0, 0.05) is 25.1 Å². The maximum absolute atomic E-state index is 12.6. The lowest BCUT2D eigenvalue weighted by molar-refractivity contribution is -0.126. The van der Waals surface area contributed by atoms with Gasteiger partial charge in [-0.1, -0.05) is 55.5 Å². The summed E-state index contributed by atoms with van der Waals surface area (Å²) in [6.07, 6.45) is 0.958. The van der Waals surface area contributed by atoms with Crippen molar-refractivity contribution in [3.05, 3.63) is 65.7 Å². The molecule has 1 aliphatic rings. The fourth-order valence-corrected chi connectivity index (χ4v) is 2.98. The largest absolute Gasteiger partial charge is 0.350 e. The monoisotopic (exact) mass is 308 g/mol. The van der Waals surface area contributed by atoms with Gasteiger partial charge < -0.3 is 5.32 Å². The first-order valence-electron chi connectivity index (χ1n) is 7.92. The molecule has 0 bridgehead atoms. The van der Waals surface area contributed by atoms with Crippen molar-refractivity contribution < 1.29 is 9.59 Å². The number of hydrogen-bond donors (Lipinski definition) is 1. The fraction of sp³-hybridized carbons (Fsp3) is 0.263. The highest BCUT2D eigenvalue weighted by Crippen LogP contribution is 2.32. The molecule has 0 unspecified atom stereocenters.